The summed E-state index contributed by atoms with van der Waals surface area (Å²) < 4.78 is 4.63. The summed E-state index contributed by atoms with van der Waals surface area (Å²) in [4.78, 5) is 0. The number of hydrogen-bond acceptors (Lipinski definition) is 0. The van der Waals surface area contributed by atoms with Gasteiger partial charge in [0.25, 0.3) is 0 Å². The summed E-state index contributed by atoms with van der Waals surface area (Å²) in [5.41, 5.74) is 0.970. The van der Waals surface area contributed by atoms with Gasteiger partial charge in [-0.3, -0.25) is 0 Å². The van der Waals surface area contributed by atoms with Crippen molar-refractivity contribution < 1.29 is 0 Å². The number of hydrogen-bond donors (Lipinski definition) is 0. The van der Waals surface area contributed by atoms with E-state index >= 15 is 0 Å². The summed E-state index contributed by atoms with van der Waals surface area (Å²) >= 11 is -1.55. The molecule has 0 aromatic heterocycles. The number of benzene rings is 1. The van der Waals surface area contributed by atoms with Crippen molar-refractivity contribution in [3.63, 3.8) is 0 Å². The van der Waals surface area contributed by atoms with Gasteiger partial charge in [0.15, 0.2) is 0 Å². The van der Waals surface area contributed by atoms with Crippen LogP contribution in [0.2, 0.25) is 8.26 Å². The van der Waals surface area contributed by atoms with Crippen molar-refractivity contribution in [3.05, 3.63) is 30.3 Å². The summed E-state index contributed by atoms with van der Waals surface area (Å²) in [7, 11) is 0. The third kappa shape index (κ3) is 6.56. The van der Waals surface area contributed by atoms with E-state index in [1.807, 2.05) is 0 Å². The van der Waals surface area contributed by atoms with E-state index in [0.29, 0.717) is 10.8 Å². The van der Waals surface area contributed by atoms with Crippen LogP contribution in [-0.2, 0) is 0 Å². The van der Waals surface area contributed by atoms with Crippen LogP contribution in [0.3, 0.4) is 0 Å². The average molecular weight is 428 g/mol. The Morgan fingerprint density at radius 1 is 0.765 bits per heavy atom. The zero-order valence-corrected chi connectivity index (χ0v) is 15.7. The Balaban J connectivity index is 2.87. The van der Waals surface area contributed by atoms with Crippen molar-refractivity contribution >= 4 is 25.0 Å². The molecule has 0 atom stereocenters. The Morgan fingerprint density at radius 3 is 1.53 bits per heavy atom. The molecule has 96 valence electrons. The maximum atomic E-state index is 2.39. The topological polar surface area (TPSA) is 0 Å². The summed E-state index contributed by atoms with van der Waals surface area (Å²) in [6.07, 6.45) is 0. The van der Waals surface area contributed by atoms with Gasteiger partial charge < -0.3 is 0 Å². The molecule has 0 aliphatic heterocycles. The quantitative estimate of drug-likeness (QED) is 0.623. The van der Waals surface area contributed by atoms with Crippen LogP contribution in [0.25, 0.3) is 0 Å². The molecular weight excluding hydrogens is 401 g/mol. The molecule has 0 N–H and O–H groups in total. The standard InChI is InChI=1S/C6H5.2C5H11.Bi/c1-2-4-6-5-3-1;2*1-5(2,3)4;/h1-5H;2*1H2,2-4H3;. The van der Waals surface area contributed by atoms with Crippen LogP contribution in [0.5, 0.6) is 0 Å². The van der Waals surface area contributed by atoms with E-state index in [1.165, 1.54) is 8.26 Å². The van der Waals surface area contributed by atoms with Crippen LogP contribution in [0.4, 0.5) is 0 Å². The molecule has 0 nitrogen and oxygen atoms in total. The van der Waals surface area contributed by atoms with E-state index < -0.39 is 21.8 Å². The van der Waals surface area contributed by atoms with Gasteiger partial charge in [-0.05, 0) is 0 Å². The molecule has 0 heterocycles. The monoisotopic (exact) mass is 428 g/mol. The van der Waals surface area contributed by atoms with Gasteiger partial charge in [-0.25, -0.2) is 0 Å². The molecular formula is C16H27Bi. The Morgan fingerprint density at radius 2 is 1.18 bits per heavy atom. The molecule has 1 heteroatoms. The van der Waals surface area contributed by atoms with Gasteiger partial charge in [-0.15, -0.1) is 0 Å². The van der Waals surface area contributed by atoms with E-state index in [2.05, 4.69) is 71.9 Å². The Kier molecular flexibility index (Phi) is 5.20. The maximum absolute atomic E-state index is 2.39. The summed E-state index contributed by atoms with van der Waals surface area (Å²) in [6, 6.07) is 11.3. The van der Waals surface area contributed by atoms with Crippen molar-refractivity contribution in [3.8, 4) is 0 Å². The fraction of sp³-hybridized carbons (Fsp3) is 0.625. The van der Waals surface area contributed by atoms with Crippen LogP contribution >= 0.6 is 0 Å². The summed E-state index contributed by atoms with van der Waals surface area (Å²) in [6.45, 7) is 14.3. The molecule has 0 radical (unpaired) electrons. The first kappa shape index (κ1) is 15.2. The van der Waals surface area contributed by atoms with Crippen molar-refractivity contribution in [2.45, 2.75) is 49.8 Å². The van der Waals surface area contributed by atoms with Crippen LogP contribution < -0.4 is 3.27 Å². The first-order valence-corrected chi connectivity index (χ1v) is 13.1. The fourth-order valence-electron chi connectivity index (χ4n) is 2.02. The fourth-order valence-corrected chi connectivity index (χ4v) is 15.1. The predicted molar refractivity (Wildman–Crippen MR) is 80.4 cm³/mol. The second-order valence-electron chi connectivity index (χ2n) is 7.31. The van der Waals surface area contributed by atoms with Gasteiger partial charge in [0.1, 0.15) is 0 Å². The molecule has 1 rings (SSSR count). The Labute approximate surface area is 116 Å². The average Bonchev–Trinajstić information content (AvgIpc) is 2.14. The molecule has 0 fully saturated rings. The minimum absolute atomic E-state index is 0.485. The van der Waals surface area contributed by atoms with Crippen molar-refractivity contribution in [2.24, 2.45) is 10.8 Å². The molecule has 0 saturated carbocycles. The van der Waals surface area contributed by atoms with Gasteiger partial charge in [0.05, 0.1) is 0 Å². The Bertz CT molecular complexity index is 311. The normalized spacial score (nSPS) is 13.1. The second kappa shape index (κ2) is 5.83. The zero-order valence-electron chi connectivity index (χ0n) is 12.2. The summed E-state index contributed by atoms with van der Waals surface area (Å²) in [5, 5.41) is 0. The van der Waals surface area contributed by atoms with E-state index in [9.17, 15) is 0 Å². The molecule has 1 aromatic carbocycles. The number of rotatable bonds is 3. The third-order valence-electron chi connectivity index (χ3n) is 2.45. The van der Waals surface area contributed by atoms with Gasteiger partial charge >= 0.3 is 116 Å². The van der Waals surface area contributed by atoms with Crippen molar-refractivity contribution in [2.75, 3.05) is 0 Å². The van der Waals surface area contributed by atoms with Gasteiger partial charge in [-0.1, -0.05) is 0 Å². The summed E-state index contributed by atoms with van der Waals surface area (Å²) in [5.74, 6) is 0. The molecule has 0 aliphatic carbocycles. The molecule has 0 amide bonds. The molecule has 0 saturated heterocycles. The molecule has 1 aromatic rings. The SMILES string of the molecule is CC(C)(C)[CH2][Bi]([CH2]C(C)(C)C)[c]1ccccc1. The molecule has 0 unspecified atom stereocenters. The molecule has 0 bridgehead atoms. The van der Waals surface area contributed by atoms with Crippen LogP contribution in [0.15, 0.2) is 30.3 Å². The second-order valence-corrected chi connectivity index (χ2v) is 16.0. The first-order valence-electron chi connectivity index (χ1n) is 6.47. The van der Waals surface area contributed by atoms with Crippen molar-refractivity contribution in [1.82, 2.24) is 0 Å². The van der Waals surface area contributed by atoms with Crippen LogP contribution in [0, 0.1) is 10.8 Å². The van der Waals surface area contributed by atoms with Gasteiger partial charge in [0, 0.05) is 0 Å². The van der Waals surface area contributed by atoms with Crippen LogP contribution in [-0.4, -0.2) is 21.8 Å². The zero-order chi connectivity index (χ0) is 13.1. The molecule has 0 spiro atoms. The third-order valence-corrected chi connectivity index (χ3v) is 16.8. The first-order chi connectivity index (χ1) is 7.67. The van der Waals surface area contributed by atoms with E-state index in [1.54, 1.807) is 3.27 Å². The predicted octanol–water partition coefficient (Wildman–Crippen LogP) is 4.48. The van der Waals surface area contributed by atoms with Gasteiger partial charge in [-0.2, -0.15) is 0 Å². The van der Waals surface area contributed by atoms with Gasteiger partial charge in [0.2, 0.25) is 0 Å². The molecule has 0 aliphatic rings. The van der Waals surface area contributed by atoms with Crippen molar-refractivity contribution in [1.29, 1.82) is 0 Å². The van der Waals surface area contributed by atoms with Crippen LogP contribution in [0.1, 0.15) is 41.5 Å². The van der Waals surface area contributed by atoms with E-state index in [0.717, 1.165) is 0 Å². The Hall–Kier alpha value is 0.103. The van der Waals surface area contributed by atoms with E-state index in [-0.39, 0.29) is 0 Å². The minimum atomic E-state index is -1.55. The molecule has 17 heavy (non-hydrogen) atoms. The van der Waals surface area contributed by atoms with E-state index in [4.69, 9.17) is 0 Å².